The van der Waals surface area contributed by atoms with Gasteiger partial charge >= 0.3 is 12.4 Å². The third-order valence-corrected chi connectivity index (χ3v) is 11.6. The highest BCUT2D eigenvalue weighted by atomic mass is 32.2. The minimum Gasteiger partial charge on any atom is -0.497 e. The zero-order valence-corrected chi connectivity index (χ0v) is 36.4. The summed E-state index contributed by atoms with van der Waals surface area (Å²) in [5, 5.41) is 0. The molecule has 0 fully saturated rings. The van der Waals surface area contributed by atoms with E-state index in [0.29, 0.717) is 53.1 Å². The van der Waals surface area contributed by atoms with E-state index in [1.54, 1.807) is 43.3 Å². The third kappa shape index (κ3) is 9.25. The van der Waals surface area contributed by atoms with Gasteiger partial charge in [0, 0.05) is 17.2 Å². The lowest BCUT2D eigenvalue weighted by Gasteiger charge is -2.38. The summed E-state index contributed by atoms with van der Waals surface area (Å²) in [4.78, 5) is -1.31. The number of aryl methyl sites for hydroxylation is 1. The fraction of sp³-hybridized carbons (Fsp3) is 0.102. The third-order valence-electron chi connectivity index (χ3n) is 10.7. The monoisotopic (exact) mass is 1020 g/mol. The predicted molar refractivity (Wildman–Crippen MR) is 225 cm³/mol. The van der Waals surface area contributed by atoms with Crippen LogP contribution < -0.4 is 18.9 Å². The van der Waals surface area contributed by atoms with E-state index in [9.17, 15) is 39.3 Å². The number of ether oxygens (including phenoxy) is 4. The van der Waals surface area contributed by atoms with Crippen molar-refractivity contribution in [2.75, 3.05) is 7.11 Å². The number of hydrogen-bond acceptors (Lipinski definition) is 6. The van der Waals surface area contributed by atoms with Gasteiger partial charge in [0.15, 0.2) is 23.3 Å². The molecule has 0 aliphatic rings. The maximum atomic E-state index is 15.7. The van der Waals surface area contributed by atoms with Gasteiger partial charge in [-0.15, -0.1) is 6.42 Å². The molecular weight excluding hydrogens is 999 g/mol. The summed E-state index contributed by atoms with van der Waals surface area (Å²) in [7, 11) is -4.38. The fourth-order valence-corrected chi connectivity index (χ4v) is 7.96. The van der Waals surface area contributed by atoms with Crippen LogP contribution in [-0.4, -0.2) is 32.4 Å². The van der Waals surface area contributed by atoms with Gasteiger partial charge in [0.1, 0.15) is 33.6 Å². The number of hydrogen-bond donors (Lipinski definition) is 1. The molecule has 0 bridgehead atoms. The Morgan fingerprint density at radius 2 is 0.958 bits per heavy atom. The van der Waals surface area contributed by atoms with Gasteiger partial charge in [0.25, 0.3) is 10.1 Å². The van der Waals surface area contributed by atoms with Crippen molar-refractivity contribution in [2.24, 2.45) is 0 Å². The van der Waals surface area contributed by atoms with Crippen LogP contribution in [0, 0.1) is 65.8 Å². The van der Waals surface area contributed by atoms with Crippen LogP contribution in [0.1, 0.15) is 22.3 Å². The van der Waals surface area contributed by atoms with Gasteiger partial charge in [-0.2, -0.15) is 52.3 Å². The van der Waals surface area contributed by atoms with Crippen molar-refractivity contribution in [2.45, 2.75) is 29.6 Å². The average Bonchev–Trinajstić information content (AvgIpc) is 3.32. The van der Waals surface area contributed by atoms with Gasteiger partial charge in [-0.1, -0.05) is 53.9 Å². The Balaban J connectivity index is 1.22. The molecule has 0 aliphatic carbocycles. The van der Waals surface area contributed by atoms with E-state index >= 15 is 35.1 Å². The van der Waals surface area contributed by atoms with Crippen molar-refractivity contribution >= 4 is 10.1 Å². The summed E-state index contributed by atoms with van der Waals surface area (Å²) in [5.41, 5.74) is -10.2. The number of rotatable bonds is 12. The normalized spacial score (nSPS) is 12.1. The number of terminal acetylenes is 1. The predicted octanol–water partition coefficient (Wildman–Crippen LogP) is 14.5. The fourth-order valence-electron chi connectivity index (χ4n) is 7.33. The molecule has 0 atom stereocenters. The summed E-state index contributed by atoms with van der Waals surface area (Å²) in [5.74, 6) is -26.3. The molecule has 7 nitrogen and oxygen atoms in total. The van der Waals surface area contributed by atoms with E-state index < -0.39 is 125 Å². The van der Waals surface area contributed by atoms with Crippen LogP contribution in [0.2, 0.25) is 0 Å². The quantitative estimate of drug-likeness (QED) is 0.0564. The number of alkyl halides is 6. The Kier molecular flexibility index (Phi) is 13.6. The molecule has 0 unspecified atom stereocenters. The lowest BCUT2D eigenvalue weighted by atomic mass is 9.73. The molecule has 7 aromatic carbocycles. The highest BCUT2D eigenvalue weighted by Gasteiger charge is 2.72. The number of halogens is 14. The summed E-state index contributed by atoms with van der Waals surface area (Å²) in [6, 6.07) is 17.0. The SMILES string of the molecule is C#Cc1ccc(-c2cc(C)ccc2Oc2ccc(Oc3c(F)c(F)c(-c4c(F)c(F)c(Oc5ccc(C(c6ccc(OC)cc6)(C(F)(F)F)C(F)(F)F)cc5)c(F)c4F)c(F)c3F)c(S(=O)(=O)O)c2)cc1. The van der Waals surface area contributed by atoms with Crippen LogP contribution in [0.25, 0.3) is 22.3 Å². The second kappa shape index (κ2) is 18.9. The van der Waals surface area contributed by atoms with Crippen LogP contribution in [0.5, 0.6) is 40.2 Å². The summed E-state index contributed by atoms with van der Waals surface area (Å²) >= 11 is 0. The molecule has 0 amide bonds. The number of methoxy groups -OCH3 is 1. The van der Waals surface area contributed by atoms with Gasteiger partial charge in [0.05, 0.1) is 18.2 Å². The highest BCUT2D eigenvalue weighted by Crippen LogP contribution is 2.57. The molecule has 7 rings (SSSR count). The lowest BCUT2D eigenvalue weighted by Crippen LogP contribution is -2.54. The molecule has 0 spiro atoms. The van der Waals surface area contributed by atoms with E-state index in [1.807, 2.05) is 0 Å². The molecule has 7 aromatic rings. The second-order valence-corrected chi connectivity index (χ2v) is 16.4. The Morgan fingerprint density at radius 1 is 0.521 bits per heavy atom. The molecule has 0 saturated carbocycles. The van der Waals surface area contributed by atoms with Gasteiger partial charge in [-0.3, -0.25) is 4.55 Å². The van der Waals surface area contributed by atoms with Crippen LogP contribution in [0.15, 0.2) is 114 Å². The zero-order valence-electron chi connectivity index (χ0n) is 35.6. The molecule has 0 heterocycles. The first-order chi connectivity index (χ1) is 33.2. The maximum absolute atomic E-state index is 15.7. The van der Waals surface area contributed by atoms with E-state index in [1.165, 1.54) is 6.07 Å². The van der Waals surface area contributed by atoms with Crippen LogP contribution in [0.4, 0.5) is 61.5 Å². The molecule has 22 heteroatoms. The first-order valence-corrected chi connectivity index (χ1v) is 21.1. The highest BCUT2D eigenvalue weighted by molar-refractivity contribution is 7.86. The van der Waals surface area contributed by atoms with Gasteiger partial charge in [0.2, 0.25) is 40.2 Å². The Bertz CT molecular complexity index is 3300. The standard InChI is InChI=1S/C49H26F14O7S/c1-4-24-6-8-25(9-7-24)31-21-23(2)5-19-32(31)68-30-18-20-33(34(22-30)71(64,65)66)70-46-43(56)39(52)36(40(53)44(46)57)35-37(50)41(54)45(42(55)38(35)51)69-29-16-12-27(13-17-29)47(48(58,59)60,49(61,62)63)26-10-14-28(67-3)15-11-26/h1,5-22H,2-3H3,(H,64,65,66). The summed E-state index contributed by atoms with van der Waals surface area (Å²) in [6.07, 6.45) is -6.79. The van der Waals surface area contributed by atoms with Crippen molar-refractivity contribution in [3.8, 4) is 74.8 Å². The van der Waals surface area contributed by atoms with E-state index in [0.717, 1.165) is 30.9 Å². The van der Waals surface area contributed by atoms with E-state index in [4.69, 9.17) is 25.4 Å². The molecule has 0 aliphatic heterocycles. The Morgan fingerprint density at radius 3 is 1.39 bits per heavy atom. The first-order valence-electron chi connectivity index (χ1n) is 19.7. The minimum absolute atomic E-state index is 0.1000. The van der Waals surface area contributed by atoms with Gasteiger partial charge in [-0.25, -0.2) is 17.6 Å². The Labute approximate surface area is 392 Å². The van der Waals surface area contributed by atoms with E-state index in [-0.39, 0.29) is 29.4 Å². The zero-order chi connectivity index (χ0) is 52.1. The smallest absolute Gasteiger partial charge is 0.411 e. The van der Waals surface area contributed by atoms with Crippen LogP contribution >= 0.6 is 0 Å². The molecular formula is C49H26F14O7S. The van der Waals surface area contributed by atoms with Crippen molar-refractivity contribution < 1.29 is 93.4 Å². The average molecular weight is 1020 g/mol. The summed E-state index contributed by atoms with van der Waals surface area (Å²) in [6.45, 7) is 1.75. The first kappa shape index (κ1) is 51.1. The molecule has 71 heavy (non-hydrogen) atoms. The van der Waals surface area contributed by atoms with Gasteiger partial charge < -0.3 is 18.9 Å². The molecule has 368 valence electrons. The topological polar surface area (TPSA) is 91.3 Å². The minimum atomic E-state index is -6.10. The second-order valence-electron chi connectivity index (χ2n) is 15.0. The number of benzene rings is 7. The maximum Gasteiger partial charge on any atom is 0.411 e. The molecule has 0 saturated heterocycles. The van der Waals surface area contributed by atoms with Crippen molar-refractivity contribution in [1.29, 1.82) is 0 Å². The van der Waals surface area contributed by atoms with Crippen molar-refractivity contribution in [3.05, 3.63) is 178 Å². The summed E-state index contributed by atoms with van der Waals surface area (Å²) < 4.78 is 267. The molecule has 0 aromatic heterocycles. The van der Waals surface area contributed by atoms with Crippen molar-refractivity contribution in [3.63, 3.8) is 0 Å². The largest absolute Gasteiger partial charge is 0.497 e. The van der Waals surface area contributed by atoms with Gasteiger partial charge in [-0.05, 0) is 84.3 Å². The molecule has 0 radical (unpaired) electrons. The lowest BCUT2D eigenvalue weighted by molar-refractivity contribution is -0.288. The van der Waals surface area contributed by atoms with Crippen LogP contribution in [0.3, 0.4) is 0 Å². The van der Waals surface area contributed by atoms with Crippen LogP contribution in [-0.2, 0) is 15.5 Å². The Hall–Kier alpha value is -7.77. The van der Waals surface area contributed by atoms with E-state index in [2.05, 4.69) is 5.92 Å². The molecule has 1 N–H and O–H groups in total. The van der Waals surface area contributed by atoms with Crippen molar-refractivity contribution in [1.82, 2.24) is 0 Å².